The van der Waals surface area contributed by atoms with Crippen LogP contribution in [0.5, 0.6) is 0 Å². The average Bonchev–Trinajstić information content (AvgIpc) is 3.38. The lowest BCUT2D eigenvalue weighted by Gasteiger charge is -2.17. The van der Waals surface area contributed by atoms with E-state index in [-0.39, 0.29) is 5.91 Å². The second-order valence-corrected chi connectivity index (χ2v) is 6.94. The highest BCUT2D eigenvalue weighted by atomic mass is 32.1. The van der Waals surface area contributed by atoms with E-state index in [1.54, 1.807) is 6.20 Å². The van der Waals surface area contributed by atoms with Gasteiger partial charge in [0.2, 0.25) is 0 Å². The third-order valence-corrected chi connectivity index (χ3v) is 4.99. The molecule has 3 heterocycles. The molecule has 26 heavy (non-hydrogen) atoms. The van der Waals surface area contributed by atoms with Gasteiger partial charge in [-0.05, 0) is 48.6 Å². The molecule has 4 rings (SSSR count). The predicted molar refractivity (Wildman–Crippen MR) is 105 cm³/mol. The molecule has 0 spiro atoms. The monoisotopic (exact) mass is 365 g/mol. The van der Waals surface area contributed by atoms with Crippen LogP contribution in [0.15, 0.2) is 53.4 Å². The highest BCUT2D eigenvalue weighted by molar-refractivity contribution is 7.08. The summed E-state index contributed by atoms with van der Waals surface area (Å²) in [4.78, 5) is 14.4. The molecule has 1 fully saturated rings. The Labute approximate surface area is 155 Å². The number of thiophene rings is 1. The Hall–Kier alpha value is -2.93. The summed E-state index contributed by atoms with van der Waals surface area (Å²) in [5, 5.41) is 18.1. The van der Waals surface area contributed by atoms with Crippen molar-refractivity contribution in [3.8, 4) is 0 Å². The van der Waals surface area contributed by atoms with E-state index in [0.717, 1.165) is 30.2 Å². The minimum atomic E-state index is -0.101. The molecule has 0 atom stereocenters. The zero-order valence-electron chi connectivity index (χ0n) is 14.2. The van der Waals surface area contributed by atoms with E-state index in [1.165, 1.54) is 24.2 Å². The van der Waals surface area contributed by atoms with Gasteiger partial charge in [0.25, 0.3) is 5.91 Å². The number of hydrogen-bond donors (Lipinski definition) is 2. The second kappa shape index (κ2) is 7.53. The summed E-state index contributed by atoms with van der Waals surface area (Å²) in [6.45, 7) is 2.15. The van der Waals surface area contributed by atoms with E-state index < -0.39 is 0 Å². The van der Waals surface area contributed by atoms with Gasteiger partial charge in [0.05, 0.1) is 17.4 Å². The van der Waals surface area contributed by atoms with Crippen LogP contribution in [0.4, 0.5) is 22.9 Å². The third-order valence-electron chi connectivity index (χ3n) is 4.31. The Morgan fingerprint density at radius 3 is 2.58 bits per heavy atom. The number of amides is 1. The first kappa shape index (κ1) is 16.5. The van der Waals surface area contributed by atoms with Crippen molar-refractivity contribution in [1.82, 2.24) is 10.2 Å². The molecule has 3 aromatic rings. The SMILES string of the molecule is O=C(Nc1ccc(Nc2cc(N3CCCC3)cnn2)cc1)c1ccsc1. The molecule has 1 saturated heterocycles. The number of anilines is 4. The molecule has 0 unspecified atom stereocenters. The van der Waals surface area contributed by atoms with Crippen LogP contribution in [-0.2, 0) is 0 Å². The van der Waals surface area contributed by atoms with Crippen molar-refractivity contribution in [3.63, 3.8) is 0 Å². The summed E-state index contributed by atoms with van der Waals surface area (Å²) < 4.78 is 0. The first-order valence-electron chi connectivity index (χ1n) is 8.56. The molecule has 6 nitrogen and oxygen atoms in total. The lowest BCUT2D eigenvalue weighted by molar-refractivity contribution is 0.102. The summed E-state index contributed by atoms with van der Waals surface area (Å²) in [5.74, 6) is 0.612. The number of benzene rings is 1. The van der Waals surface area contributed by atoms with E-state index in [4.69, 9.17) is 0 Å². The van der Waals surface area contributed by atoms with Crippen LogP contribution >= 0.6 is 11.3 Å². The normalized spacial score (nSPS) is 13.6. The Morgan fingerprint density at radius 2 is 1.85 bits per heavy atom. The van der Waals surface area contributed by atoms with Gasteiger partial charge in [0.15, 0.2) is 5.82 Å². The molecule has 0 aliphatic carbocycles. The van der Waals surface area contributed by atoms with Crippen molar-refractivity contribution < 1.29 is 4.79 Å². The Balaban J connectivity index is 1.41. The number of carbonyl (C=O) groups excluding carboxylic acids is 1. The van der Waals surface area contributed by atoms with Crippen LogP contribution in [-0.4, -0.2) is 29.2 Å². The number of nitrogens with zero attached hydrogens (tertiary/aromatic N) is 3. The van der Waals surface area contributed by atoms with Crippen LogP contribution in [0, 0.1) is 0 Å². The van der Waals surface area contributed by atoms with Gasteiger partial charge in [-0.2, -0.15) is 16.4 Å². The van der Waals surface area contributed by atoms with Crippen LogP contribution in [0.3, 0.4) is 0 Å². The van der Waals surface area contributed by atoms with Gasteiger partial charge in [0, 0.05) is 35.9 Å². The van der Waals surface area contributed by atoms with Gasteiger partial charge in [0.1, 0.15) is 0 Å². The molecular formula is C19H19N5OS. The van der Waals surface area contributed by atoms with Crippen molar-refractivity contribution in [3.05, 3.63) is 58.9 Å². The minimum absolute atomic E-state index is 0.101. The van der Waals surface area contributed by atoms with Crippen LogP contribution in [0.1, 0.15) is 23.2 Å². The van der Waals surface area contributed by atoms with E-state index in [1.807, 2.05) is 47.2 Å². The fourth-order valence-electron chi connectivity index (χ4n) is 2.95. The zero-order chi connectivity index (χ0) is 17.8. The first-order valence-corrected chi connectivity index (χ1v) is 9.50. The first-order chi connectivity index (χ1) is 12.8. The van der Waals surface area contributed by atoms with Gasteiger partial charge in [-0.25, -0.2) is 0 Å². The molecule has 1 aromatic carbocycles. The summed E-state index contributed by atoms with van der Waals surface area (Å²) in [7, 11) is 0. The number of carbonyl (C=O) groups is 1. The van der Waals surface area contributed by atoms with E-state index in [9.17, 15) is 4.79 Å². The number of nitrogens with one attached hydrogen (secondary N) is 2. The van der Waals surface area contributed by atoms with Crippen molar-refractivity contribution >= 4 is 40.1 Å². The summed E-state index contributed by atoms with van der Waals surface area (Å²) in [6.07, 6.45) is 4.26. The van der Waals surface area contributed by atoms with E-state index >= 15 is 0 Å². The fraction of sp³-hybridized carbons (Fsp3) is 0.211. The molecule has 2 aromatic heterocycles. The minimum Gasteiger partial charge on any atom is -0.370 e. The molecule has 1 aliphatic rings. The average molecular weight is 365 g/mol. The van der Waals surface area contributed by atoms with Crippen LogP contribution in [0.25, 0.3) is 0 Å². The number of aromatic nitrogens is 2. The van der Waals surface area contributed by atoms with Crippen molar-refractivity contribution in [2.24, 2.45) is 0 Å². The van der Waals surface area contributed by atoms with Crippen LogP contribution < -0.4 is 15.5 Å². The van der Waals surface area contributed by atoms with Crippen LogP contribution in [0.2, 0.25) is 0 Å². The fourth-order valence-corrected chi connectivity index (χ4v) is 3.58. The van der Waals surface area contributed by atoms with Gasteiger partial charge in [-0.3, -0.25) is 4.79 Å². The van der Waals surface area contributed by atoms with Crippen molar-refractivity contribution in [2.75, 3.05) is 28.6 Å². The molecule has 0 bridgehead atoms. The lowest BCUT2D eigenvalue weighted by Crippen LogP contribution is -2.18. The Morgan fingerprint density at radius 1 is 1.08 bits per heavy atom. The maximum absolute atomic E-state index is 12.1. The molecular weight excluding hydrogens is 346 g/mol. The van der Waals surface area contributed by atoms with Gasteiger partial charge in [-0.1, -0.05) is 0 Å². The quantitative estimate of drug-likeness (QED) is 0.711. The molecule has 0 saturated carbocycles. The maximum Gasteiger partial charge on any atom is 0.256 e. The van der Waals surface area contributed by atoms with E-state index in [0.29, 0.717) is 11.4 Å². The molecule has 2 N–H and O–H groups in total. The van der Waals surface area contributed by atoms with Gasteiger partial charge in [-0.15, -0.1) is 5.10 Å². The summed E-state index contributed by atoms with van der Waals surface area (Å²) in [5.41, 5.74) is 3.42. The maximum atomic E-state index is 12.1. The third kappa shape index (κ3) is 3.83. The molecule has 132 valence electrons. The lowest BCUT2D eigenvalue weighted by atomic mass is 10.2. The Kier molecular flexibility index (Phi) is 4.79. The Bertz CT molecular complexity index is 873. The molecule has 7 heteroatoms. The smallest absolute Gasteiger partial charge is 0.256 e. The number of hydrogen-bond acceptors (Lipinski definition) is 6. The highest BCUT2D eigenvalue weighted by Gasteiger charge is 2.13. The molecule has 0 radical (unpaired) electrons. The van der Waals surface area contributed by atoms with Gasteiger partial charge < -0.3 is 15.5 Å². The standard InChI is InChI=1S/C19H19N5OS/c25-19(14-7-10-26-13-14)22-16-5-3-15(4-6-16)21-18-11-17(12-20-23-18)24-8-1-2-9-24/h3-7,10-13H,1-2,8-9H2,(H,21,23)(H,22,25). The van der Waals surface area contributed by atoms with Gasteiger partial charge >= 0.3 is 0 Å². The molecule has 1 amide bonds. The zero-order valence-corrected chi connectivity index (χ0v) is 15.0. The van der Waals surface area contributed by atoms with Crippen molar-refractivity contribution in [1.29, 1.82) is 0 Å². The largest absolute Gasteiger partial charge is 0.370 e. The second-order valence-electron chi connectivity index (χ2n) is 6.16. The number of rotatable bonds is 5. The van der Waals surface area contributed by atoms with E-state index in [2.05, 4.69) is 25.7 Å². The molecule has 1 aliphatic heterocycles. The van der Waals surface area contributed by atoms with Crippen molar-refractivity contribution in [2.45, 2.75) is 12.8 Å². The summed E-state index contributed by atoms with van der Waals surface area (Å²) >= 11 is 1.51. The topological polar surface area (TPSA) is 70.2 Å². The summed E-state index contributed by atoms with van der Waals surface area (Å²) in [6, 6.07) is 11.4. The highest BCUT2D eigenvalue weighted by Crippen LogP contribution is 2.23. The predicted octanol–water partition coefficient (Wildman–Crippen LogP) is 4.13.